The SMILES string of the molecule is CCCCNC(=O)CN1C(=O)COc2ccc(C(=O)COc3ccccc3CC)cc21. The summed E-state index contributed by atoms with van der Waals surface area (Å²) in [5.41, 5.74) is 1.84. The molecule has 7 nitrogen and oxygen atoms in total. The summed E-state index contributed by atoms with van der Waals surface area (Å²) in [6, 6.07) is 12.5. The van der Waals surface area contributed by atoms with Crippen LogP contribution in [0, 0.1) is 0 Å². The highest BCUT2D eigenvalue weighted by molar-refractivity contribution is 6.04. The van der Waals surface area contributed by atoms with Gasteiger partial charge in [-0.25, -0.2) is 0 Å². The molecule has 2 aromatic rings. The molecule has 0 saturated carbocycles. The number of aryl methyl sites for hydroxylation is 1. The lowest BCUT2D eigenvalue weighted by atomic mass is 10.1. The number of nitrogens with one attached hydrogen (secondary N) is 1. The van der Waals surface area contributed by atoms with Crippen LogP contribution in [0.2, 0.25) is 0 Å². The van der Waals surface area contributed by atoms with E-state index in [4.69, 9.17) is 9.47 Å². The number of ether oxygens (including phenoxy) is 2. The summed E-state index contributed by atoms with van der Waals surface area (Å²) >= 11 is 0. The van der Waals surface area contributed by atoms with Crippen LogP contribution in [-0.2, 0) is 16.0 Å². The molecule has 1 heterocycles. The Kier molecular flexibility index (Phi) is 7.65. The Bertz CT molecular complexity index is 957. The molecule has 1 aliphatic heterocycles. The van der Waals surface area contributed by atoms with Crippen LogP contribution in [0.4, 0.5) is 5.69 Å². The minimum Gasteiger partial charge on any atom is -0.485 e. The Labute approximate surface area is 182 Å². The van der Waals surface area contributed by atoms with Gasteiger partial charge in [0.2, 0.25) is 5.91 Å². The number of para-hydroxylation sites is 1. The van der Waals surface area contributed by atoms with Crippen LogP contribution in [0.3, 0.4) is 0 Å². The van der Waals surface area contributed by atoms with Crippen LogP contribution in [0.1, 0.15) is 42.6 Å². The topological polar surface area (TPSA) is 84.9 Å². The number of hydrogen-bond donors (Lipinski definition) is 1. The van der Waals surface area contributed by atoms with Crippen molar-refractivity contribution in [3.63, 3.8) is 0 Å². The summed E-state index contributed by atoms with van der Waals surface area (Å²) in [5, 5.41) is 2.81. The van der Waals surface area contributed by atoms with E-state index >= 15 is 0 Å². The van der Waals surface area contributed by atoms with Gasteiger partial charge in [-0.05, 0) is 42.7 Å². The van der Waals surface area contributed by atoms with Crippen molar-refractivity contribution < 1.29 is 23.9 Å². The quantitative estimate of drug-likeness (QED) is 0.468. The first-order chi connectivity index (χ1) is 15.0. The Morgan fingerprint density at radius 2 is 1.97 bits per heavy atom. The molecule has 0 unspecified atom stereocenters. The van der Waals surface area contributed by atoms with Gasteiger partial charge in [0.05, 0.1) is 5.69 Å². The standard InChI is InChI=1S/C24H28N2O5/c1-3-5-12-25-23(28)14-26-19-13-18(10-11-22(19)31-16-24(26)29)20(27)15-30-21-9-7-6-8-17(21)4-2/h6-11,13H,3-5,12,14-16H2,1-2H3,(H,25,28). The maximum atomic E-state index is 12.7. The second kappa shape index (κ2) is 10.6. The summed E-state index contributed by atoms with van der Waals surface area (Å²) in [7, 11) is 0. The van der Waals surface area contributed by atoms with Crippen LogP contribution in [-0.4, -0.2) is 43.9 Å². The molecule has 2 amide bonds. The average Bonchev–Trinajstić information content (AvgIpc) is 2.79. The molecule has 164 valence electrons. The normalized spacial score (nSPS) is 12.7. The summed E-state index contributed by atoms with van der Waals surface area (Å²) in [5.74, 6) is 0.357. The van der Waals surface area contributed by atoms with E-state index in [-0.39, 0.29) is 37.4 Å². The predicted molar refractivity (Wildman–Crippen MR) is 118 cm³/mol. The Morgan fingerprint density at radius 1 is 1.16 bits per heavy atom. The number of anilines is 1. The highest BCUT2D eigenvalue weighted by Gasteiger charge is 2.28. The van der Waals surface area contributed by atoms with Crippen molar-refractivity contribution in [2.45, 2.75) is 33.1 Å². The lowest BCUT2D eigenvalue weighted by Crippen LogP contribution is -2.45. The minimum absolute atomic E-state index is 0.114. The monoisotopic (exact) mass is 424 g/mol. The van der Waals surface area contributed by atoms with E-state index in [9.17, 15) is 14.4 Å². The molecule has 1 aliphatic rings. The second-order valence-electron chi connectivity index (χ2n) is 7.33. The molecule has 3 rings (SSSR count). The minimum atomic E-state index is -0.323. The molecule has 31 heavy (non-hydrogen) atoms. The molecule has 0 atom stereocenters. The van der Waals surface area contributed by atoms with Gasteiger partial charge in [-0.3, -0.25) is 19.3 Å². The summed E-state index contributed by atoms with van der Waals surface area (Å²) < 4.78 is 11.2. The molecule has 2 aromatic carbocycles. The fraction of sp³-hybridized carbons (Fsp3) is 0.375. The smallest absolute Gasteiger partial charge is 0.265 e. The van der Waals surface area contributed by atoms with Crippen LogP contribution in [0.25, 0.3) is 0 Å². The predicted octanol–water partition coefficient (Wildman–Crippen LogP) is 3.15. The number of benzene rings is 2. The summed E-state index contributed by atoms with van der Waals surface area (Å²) in [4.78, 5) is 38.7. The molecule has 0 spiro atoms. The Hall–Kier alpha value is -3.35. The van der Waals surface area contributed by atoms with E-state index in [0.29, 0.717) is 29.3 Å². The van der Waals surface area contributed by atoms with Crippen LogP contribution < -0.4 is 19.7 Å². The van der Waals surface area contributed by atoms with Crippen LogP contribution >= 0.6 is 0 Å². The molecule has 1 N–H and O–H groups in total. The van der Waals surface area contributed by atoms with Gasteiger partial charge >= 0.3 is 0 Å². The number of rotatable bonds is 10. The van der Waals surface area contributed by atoms with Crippen molar-refractivity contribution in [3.05, 3.63) is 53.6 Å². The molecule has 0 radical (unpaired) electrons. The van der Waals surface area contributed by atoms with Gasteiger partial charge in [0.25, 0.3) is 5.91 Å². The molecular formula is C24H28N2O5. The van der Waals surface area contributed by atoms with Crippen molar-refractivity contribution >= 4 is 23.3 Å². The van der Waals surface area contributed by atoms with Crippen molar-refractivity contribution in [1.82, 2.24) is 5.32 Å². The highest BCUT2D eigenvalue weighted by Crippen LogP contribution is 2.33. The zero-order valence-corrected chi connectivity index (χ0v) is 18.0. The number of carbonyl (C=O) groups excluding carboxylic acids is 3. The van der Waals surface area contributed by atoms with E-state index in [1.165, 1.54) is 4.90 Å². The zero-order chi connectivity index (χ0) is 22.2. The number of ketones is 1. The average molecular weight is 424 g/mol. The van der Waals surface area contributed by atoms with Crippen molar-refractivity contribution in [3.8, 4) is 11.5 Å². The number of fused-ring (bicyclic) bond motifs is 1. The maximum Gasteiger partial charge on any atom is 0.265 e. The first kappa shape index (κ1) is 22.3. The lowest BCUT2D eigenvalue weighted by molar-refractivity contribution is -0.125. The number of unbranched alkanes of at least 4 members (excludes halogenated alkanes) is 1. The number of Topliss-reactive ketones (excluding diaryl/α,β-unsaturated/α-hetero) is 1. The molecule has 0 aliphatic carbocycles. The molecule has 0 bridgehead atoms. The second-order valence-corrected chi connectivity index (χ2v) is 7.33. The van der Waals surface area contributed by atoms with Crippen LogP contribution in [0.15, 0.2) is 42.5 Å². The molecule has 7 heteroatoms. The first-order valence-corrected chi connectivity index (χ1v) is 10.6. The molecule has 0 aromatic heterocycles. The molecule has 0 fully saturated rings. The summed E-state index contributed by atoms with van der Waals surface area (Å²) in [6.07, 6.45) is 2.65. The summed E-state index contributed by atoms with van der Waals surface area (Å²) in [6.45, 7) is 4.25. The number of hydrogen-bond acceptors (Lipinski definition) is 5. The van der Waals surface area contributed by atoms with Crippen molar-refractivity contribution in [2.75, 3.05) is 31.2 Å². The van der Waals surface area contributed by atoms with E-state index in [1.807, 2.05) is 38.1 Å². The molecule has 0 saturated heterocycles. The van der Waals surface area contributed by atoms with E-state index in [0.717, 1.165) is 24.8 Å². The fourth-order valence-corrected chi connectivity index (χ4v) is 3.32. The molecular weight excluding hydrogens is 396 g/mol. The third-order valence-electron chi connectivity index (χ3n) is 5.09. The van der Waals surface area contributed by atoms with Gasteiger partial charge < -0.3 is 14.8 Å². The van der Waals surface area contributed by atoms with Crippen molar-refractivity contribution in [2.24, 2.45) is 0 Å². The van der Waals surface area contributed by atoms with Gasteiger partial charge in [0.1, 0.15) is 18.0 Å². The van der Waals surface area contributed by atoms with Gasteiger partial charge in [0, 0.05) is 12.1 Å². The highest BCUT2D eigenvalue weighted by atomic mass is 16.5. The zero-order valence-electron chi connectivity index (χ0n) is 18.0. The largest absolute Gasteiger partial charge is 0.485 e. The fourth-order valence-electron chi connectivity index (χ4n) is 3.32. The van der Waals surface area contributed by atoms with E-state index < -0.39 is 0 Å². The van der Waals surface area contributed by atoms with Gasteiger partial charge in [-0.15, -0.1) is 0 Å². The van der Waals surface area contributed by atoms with Crippen molar-refractivity contribution in [1.29, 1.82) is 0 Å². The number of carbonyl (C=O) groups is 3. The first-order valence-electron chi connectivity index (χ1n) is 10.6. The van der Waals surface area contributed by atoms with Gasteiger partial charge in [-0.2, -0.15) is 0 Å². The third-order valence-corrected chi connectivity index (χ3v) is 5.09. The van der Waals surface area contributed by atoms with Gasteiger partial charge in [0.15, 0.2) is 19.0 Å². The number of nitrogens with zero attached hydrogens (tertiary/aromatic N) is 1. The number of amides is 2. The Morgan fingerprint density at radius 3 is 2.74 bits per heavy atom. The van der Waals surface area contributed by atoms with Gasteiger partial charge in [-0.1, -0.05) is 38.5 Å². The van der Waals surface area contributed by atoms with E-state index in [1.54, 1.807) is 18.2 Å². The van der Waals surface area contributed by atoms with E-state index in [2.05, 4.69) is 5.32 Å². The Balaban J connectivity index is 1.72. The lowest BCUT2D eigenvalue weighted by Gasteiger charge is -2.29. The third kappa shape index (κ3) is 5.63. The maximum absolute atomic E-state index is 12.7. The van der Waals surface area contributed by atoms with Crippen LogP contribution in [0.5, 0.6) is 11.5 Å².